The average molecular weight is 312 g/mol. The first-order valence-corrected chi connectivity index (χ1v) is 8.95. The Hall–Kier alpha value is -1.02. The molecule has 0 aliphatic carbocycles. The van der Waals surface area contributed by atoms with Crippen molar-refractivity contribution >= 4 is 10.0 Å². The van der Waals surface area contributed by atoms with Gasteiger partial charge in [0.05, 0.1) is 5.75 Å². The van der Waals surface area contributed by atoms with Crippen LogP contribution in [0, 0.1) is 0 Å². The highest BCUT2D eigenvalue weighted by Crippen LogP contribution is 2.11. The van der Waals surface area contributed by atoms with Gasteiger partial charge in [0.2, 0.25) is 10.0 Å². The van der Waals surface area contributed by atoms with Gasteiger partial charge in [-0.15, -0.1) is 0 Å². The Morgan fingerprint density at radius 1 is 1.29 bits per heavy atom. The van der Waals surface area contributed by atoms with Crippen LogP contribution in [0.15, 0.2) is 24.4 Å². The van der Waals surface area contributed by atoms with E-state index in [1.807, 2.05) is 18.2 Å². The second-order valence-corrected chi connectivity index (χ2v) is 7.50. The number of nitrogens with zero attached hydrogens (tertiary/aromatic N) is 3. The summed E-state index contributed by atoms with van der Waals surface area (Å²) in [6.45, 7) is 5.28. The summed E-state index contributed by atoms with van der Waals surface area (Å²) >= 11 is 0. The van der Waals surface area contributed by atoms with E-state index in [0.29, 0.717) is 32.1 Å². The second-order valence-electron chi connectivity index (χ2n) is 5.41. The zero-order chi connectivity index (χ0) is 15.3. The number of hydrogen-bond acceptors (Lipinski definition) is 5. The molecule has 1 aliphatic heterocycles. The largest absolute Gasteiger partial charge is 0.329 e. The maximum Gasteiger partial charge on any atom is 0.214 e. The molecule has 118 valence electrons. The van der Waals surface area contributed by atoms with Gasteiger partial charge in [-0.3, -0.25) is 9.88 Å². The Kier molecular flexibility index (Phi) is 5.69. The molecule has 1 atom stereocenters. The molecule has 21 heavy (non-hydrogen) atoms. The lowest BCUT2D eigenvalue weighted by molar-refractivity contribution is 0.149. The molecular formula is C14H24N4O2S. The summed E-state index contributed by atoms with van der Waals surface area (Å²) < 4.78 is 26.3. The van der Waals surface area contributed by atoms with Crippen molar-refractivity contribution in [2.24, 2.45) is 5.73 Å². The van der Waals surface area contributed by atoms with Crippen LogP contribution >= 0.6 is 0 Å². The van der Waals surface area contributed by atoms with E-state index in [0.717, 1.165) is 18.8 Å². The first-order chi connectivity index (χ1) is 10.0. The van der Waals surface area contributed by atoms with E-state index in [2.05, 4.69) is 16.8 Å². The predicted octanol–water partition coefficient (Wildman–Crippen LogP) is -0.0813. The van der Waals surface area contributed by atoms with Crippen molar-refractivity contribution in [3.05, 3.63) is 30.1 Å². The predicted molar refractivity (Wildman–Crippen MR) is 83.4 cm³/mol. The van der Waals surface area contributed by atoms with Crippen LogP contribution in [0.25, 0.3) is 0 Å². The SMILES string of the molecule is CC(CN)N1CCN(S(=O)(=O)CCc2ccccn2)CC1. The molecule has 1 saturated heterocycles. The van der Waals surface area contributed by atoms with E-state index in [4.69, 9.17) is 5.73 Å². The van der Waals surface area contributed by atoms with Gasteiger partial charge in [0, 0.05) is 57.1 Å². The van der Waals surface area contributed by atoms with Crippen LogP contribution < -0.4 is 5.73 Å². The fourth-order valence-corrected chi connectivity index (χ4v) is 3.93. The van der Waals surface area contributed by atoms with Crippen LogP contribution in [0.5, 0.6) is 0 Å². The summed E-state index contributed by atoms with van der Waals surface area (Å²) in [5, 5.41) is 0. The summed E-state index contributed by atoms with van der Waals surface area (Å²) in [4.78, 5) is 6.41. The molecule has 0 spiro atoms. The number of nitrogens with two attached hydrogens (primary N) is 1. The zero-order valence-electron chi connectivity index (χ0n) is 12.5. The summed E-state index contributed by atoms with van der Waals surface area (Å²) in [5.74, 6) is 0.121. The van der Waals surface area contributed by atoms with Crippen molar-refractivity contribution in [3.63, 3.8) is 0 Å². The average Bonchev–Trinajstić information content (AvgIpc) is 2.53. The summed E-state index contributed by atoms with van der Waals surface area (Å²) in [5.41, 5.74) is 6.47. The number of hydrogen-bond donors (Lipinski definition) is 1. The van der Waals surface area contributed by atoms with Crippen LogP contribution in [-0.4, -0.2) is 67.1 Å². The van der Waals surface area contributed by atoms with Crippen LogP contribution in [0.1, 0.15) is 12.6 Å². The van der Waals surface area contributed by atoms with Crippen molar-refractivity contribution < 1.29 is 8.42 Å². The van der Waals surface area contributed by atoms with Crippen LogP contribution in [0.3, 0.4) is 0 Å². The molecule has 1 fully saturated rings. The van der Waals surface area contributed by atoms with E-state index in [-0.39, 0.29) is 5.75 Å². The molecule has 2 N–H and O–H groups in total. The molecule has 0 bridgehead atoms. The number of aromatic nitrogens is 1. The van der Waals surface area contributed by atoms with Crippen molar-refractivity contribution in [1.29, 1.82) is 0 Å². The smallest absolute Gasteiger partial charge is 0.214 e. The molecule has 2 rings (SSSR count). The summed E-state index contributed by atoms with van der Waals surface area (Å²) in [6.07, 6.45) is 2.15. The van der Waals surface area contributed by atoms with Gasteiger partial charge < -0.3 is 5.73 Å². The second kappa shape index (κ2) is 7.31. The third kappa shape index (κ3) is 4.47. The van der Waals surface area contributed by atoms with Gasteiger partial charge in [-0.05, 0) is 19.1 Å². The highest BCUT2D eigenvalue weighted by molar-refractivity contribution is 7.89. The van der Waals surface area contributed by atoms with Crippen molar-refractivity contribution in [2.45, 2.75) is 19.4 Å². The monoisotopic (exact) mass is 312 g/mol. The lowest BCUT2D eigenvalue weighted by Crippen LogP contribution is -2.53. The molecule has 1 aromatic heterocycles. The topological polar surface area (TPSA) is 79.5 Å². The Morgan fingerprint density at radius 3 is 2.57 bits per heavy atom. The van der Waals surface area contributed by atoms with Gasteiger partial charge in [0.15, 0.2) is 0 Å². The van der Waals surface area contributed by atoms with Crippen LogP contribution in [0.2, 0.25) is 0 Å². The van der Waals surface area contributed by atoms with E-state index in [1.54, 1.807) is 10.5 Å². The fraction of sp³-hybridized carbons (Fsp3) is 0.643. The Balaban J connectivity index is 1.87. The quantitative estimate of drug-likeness (QED) is 0.795. The van der Waals surface area contributed by atoms with Crippen LogP contribution in [0.4, 0.5) is 0 Å². The van der Waals surface area contributed by atoms with Crippen molar-refractivity contribution in [2.75, 3.05) is 38.5 Å². The van der Waals surface area contributed by atoms with Gasteiger partial charge in [-0.1, -0.05) is 6.07 Å². The van der Waals surface area contributed by atoms with Gasteiger partial charge in [0.25, 0.3) is 0 Å². The van der Waals surface area contributed by atoms with Crippen molar-refractivity contribution in [1.82, 2.24) is 14.2 Å². The molecule has 1 unspecified atom stereocenters. The molecule has 1 aliphatic rings. The Morgan fingerprint density at radius 2 is 2.00 bits per heavy atom. The van der Waals surface area contributed by atoms with Gasteiger partial charge in [0.1, 0.15) is 0 Å². The number of aryl methyl sites for hydroxylation is 1. The molecule has 2 heterocycles. The minimum atomic E-state index is -3.20. The highest BCUT2D eigenvalue weighted by Gasteiger charge is 2.28. The Labute approximate surface area is 127 Å². The molecule has 0 saturated carbocycles. The summed E-state index contributed by atoms with van der Waals surface area (Å²) in [7, 11) is -3.20. The maximum atomic E-state index is 12.4. The molecule has 0 aromatic carbocycles. The standard InChI is InChI=1S/C14H24N4O2S/c1-13(12-15)17-7-9-18(10-8-17)21(19,20)11-5-14-4-2-3-6-16-14/h2-4,6,13H,5,7-12,15H2,1H3. The van der Waals surface area contributed by atoms with E-state index < -0.39 is 10.0 Å². The van der Waals surface area contributed by atoms with Crippen molar-refractivity contribution in [3.8, 4) is 0 Å². The molecule has 0 amide bonds. The minimum Gasteiger partial charge on any atom is -0.329 e. The zero-order valence-corrected chi connectivity index (χ0v) is 13.3. The van der Waals surface area contributed by atoms with Gasteiger partial charge >= 0.3 is 0 Å². The lowest BCUT2D eigenvalue weighted by Gasteiger charge is -2.37. The van der Waals surface area contributed by atoms with E-state index in [1.165, 1.54) is 0 Å². The maximum absolute atomic E-state index is 12.4. The number of pyridine rings is 1. The van der Waals surface area contributed by atoms with Crippen LogP contribution in [-0.2, 0) is 16.4 Å². The molecule has 7 heteroatoms. The van der Waals surface area contributed by atoms with E-state index >= 15 is 0 Å². The number of piperazine rings is 1. The third-order valence-corrected chi connectivity index (χ3v) is 5.85. The summed E-state index contributed by atoms with van der Waals surface area (Å²) in [6, 6.07) is 5.87. The fourth-order valence-electron chi connectivity index (χ4n) is 2.48. The third-order valence-electron chi connectivity index (χ3n) is 3.97. The lowest BCUT2D eigenvalue weighted by atomic mass is 10.2. The van der Waals surface area contributed by atoms with Gasteiger partial charge in [-0.2, -0.15) is 4.31 Å². The number of rotatable bonds is 6. The molecule has 0 radical (unpaired) electrons. The van der Waals surface area contributed by atoms with E-state index in [9.17, 15) is 8.42 Å². The molecular weight excluding hydrogens is 288 g/mol. The normalized spacial score (nSPS) is 19.5. The first-order valence-electron chi connectivity index (χ1n) is 7.35. The highest BCUT2D eigenvalue weighted by atomic mass is 32.2. The molecule has 1 aromatic rings. The first kappa shape index (κ1) is 16.4. The minimum absolute atomic E-state index is 0.121. The molecule has 6 nitrogen and oxygen atoms in total. The Bertz CT molecular complexity index is 527. The van der Waals surface area contributed by atoms with Gasteiger partial charge in [-0.25, -0.2) is 8.42 Å². The number of sulfonamides is 1.